The lowest BCUT2D eigenvalue weighted by molar-refractivity contribution is -0.114. The monoisotopic (exact) mass is 273 g/mol. The Kier molecular flexibility index (Phi) is 2.72. The summed E-state index contributed by atoms with van der Waals surface area (Å²) in [7, 11) is 0. The molecule has 0 bridgehead atoms. The van der Waals surface area contributed by atoms with E-state index in [4.69, 9.17) is 5.11 Å². The molecule has 1 aromatic carbocycles. The van der Waals surface area contributed by atoms with Crippen molar-refractivity contribution < 1.29 is 9.90 Å². The molecule has 3 N–H and O–H groups in total. The standard InChI is InChI=1S/C12H11N5O3/c1-6(19)13-7-2-3-9-8(4-7)11-15-10(5-18)16-17(11)12(20)14-9/h2-4,18H,5H2,1H3,(H,13,19)(H,14,20). The molecule has 0 saturated heterocycles. The van der Waals surface area contributed by atoms with Crippen molar-refractivity contribution in [3.63, 3.8) is 0 Å². The summed E-state index contributed by atoms with van der Waals surface area (Å²) in [6.45, 7) is 1.06. The van der Waals surface area contributed by atoms with Crippen molar-refractivity contribution in [2.24, 2.45) is 0 Å². The first-order valence-electron chi connectivity index (χ1n) is 5.88. The number of aliphatic hydroxyl groups excluding tert-OH is 1. The molecule has 2 heterocycles. The fourth-order valence-electron chi connectivity index (χ4n) is 2.03. The van der Waals surface area contributed by atoms with Gasteiger partial charge in [0.25, 0.3) is 0 Å². The lowest BCUT2D eigenvalue weighted by Crippen LogP contribution is -2.17. The number of nitrogens with zero attached hydrogens (tertiary/aromatic N) is 3. The first kappa shape index (κ1) is 12.3. The number of hydrogen-bond acceptors (Lipinski definition) is 5. The van der Waals surface area contributed by atoms with Crippen LogP contribution in [0.2, 0.25) is 0 Å². The van der Waals surface area contributed by atoms with Crippen LogP contribution in [0.25, 0.3) is 16.6 Å². The Bertz CT molecular complexity index is 880. The van der Waals surface area contributed by atoms with Gasteiger partial charge in [-0.15, -0.1) is 5.10 Å². The molecule has 0 fully saturated rings. The van der Waals surface area contributed by atoms with Crippen LogP contribution in [0.5, 0.6) is 0 Å². The topological polar surface area (TPSA) is 112 Å². The number of fused-ring (bicyclic) bond motifs is 3. The zero-order valence-corrected chi connectivity index (χ0v) is 10.5. The fourth-order valence-corrected chi connectivity index (χ4v) is 2.03. The minimum absolute atomic E-state index is 0.160. The summed E-state index contributed by atoms with van der Waals surface area (Å²) in [6, 6.07) is 5.05. The van der Waals surface area contributed by atoms with Crippen LogP contribution < -0.4 is 11.0 Å². The average molecular weight is 273 g/mol. The Morgan fingerprint density at radius 2 is 2.30 bits per heavy atom. The SMILES string of the molecule is CC(=O)Nc1ccc2[nH]c(=O)n3nc(CO)nc3c2c1. The minimum Gasteiger partial charge on any atom is -0.388 e. The molecule has 3 aromatic rings. The summed E-state index contributed by atoms with van der Waals surface area (Å²) in [6.07, 6.45) is 0. The van der Waals surface area contributed by atoms with E-state index in [9.17, 15) is 9.59 Å². The molecule has 20 heavy (non-hydrogen) atoms. The number of benzene rings is 1. The van der Waals surface area contributed by atoms with Crippen LogP contribution in [0, 0.1) is 0 Å². The molecule has 0 spiro atoms. The van der Waals surface area contributed by atoms with E-state index in [1.54, 1.807) is 18.2 Å². The lowest BCUT2D eigenvalue weighted by Gasteiger charge is -2.04. The zero-order valence-electron chi connectivity index (χ0n) is 10.5. The van der Waals surface area contributed by atoms with Crippen molar-refractivity contribution in [2.45, 2.75) is 13.5 Å². The van der Waals surface area contributed by atoms with E-state index in [0.717, 1.165) is 4.52 Å². The third-order valence-electron chi connectivity index (χ3n) is 2.81. The summed E-state index contributed by atoms with van der Waals surface area (Å²) < 4.78 is 1.09. The molecule has 0 aliphatic carbocycles. The number of rotatable bonds is 2. The number of aromatic amines is 1. The van der Waals surface area contributed by atoms with E-state index in [0.29, 0.717) is 22.2 Å². The molecular weight excluding hydrogens is 262 g/mol. The number of nitrogens with one attached hydrogen (secondary N) is 2. The quantitative estimate of drug-likeness (QED) is 0.609. The number of amides is 1. The third-order valence-corrected chi connectivity index (χ3v) is 2.81. The van der Waals surface area contributed by atoms with Gasteiger partial charge in [-0.05, 0) is 18.2 Å². The molecule has 1 amide bonds. The van der Waals surface area contributed by atoms with Gasteiger partial charge in [-0.25, -0.2) is 9.78 Å². The molecular formula is C12H11N5O3. The molecule has 0 radical (unpaired) electrons. The van der Waals surface area contributed by atoms with Gasteiger partial charge in [0, 0.05) is 18.0 Å². The van der Waals surface area contributed by atoms with Gasteiger partial charge in [0.2, 0.25) is 5.91 Å². The Balaban J connectivity index is 2.33. The fraction of sp³-hybridized carbons (Fsp3) is 0.167. The Hall–Kier alpha value is -2.74. The molecule has 0 atom stereocenters. The van der Waals surface area contributed by atoms with Crippen LogP contribution in [-0.4, -0.2) is 30.6 Å². The number of carbonyl (C=O) groups excluding carboxylic acids is 1. The molecule has 0 unspecified atom stereocenters. The molecule has 0 saturated carbocycles. The van der Waals surface area contributed by atoms with Crippen molar-refractivity contribution in [2.75, 3.05) is 5.32 Å². The Morgan fingerprint density at radius 3 is 3.00 bits per heavy atom. The second-order valence-corrected chi connectivity index (χ2v) is 4.29. The second-order valence-electron chi connectivity index (χ2n) is 4.29. The number of aromatic nitrogens is 4. The number of H-pyrrole nitrogens is 1. The van der Waals surface area contributed by atoms with E-state index in [2.05, 4.69) is 20.4 Å². The molecule has 8 heteroatoms. The molecule has 0 aliphatic heterocycles. The lowest BCUT2D eigenvalue weighted by atomic mass is 10.2. The summed E-state index contributed by atoms with van der Waals surface area (Å²) in [5.41, 5.74) is 1.06. The van der Waals surface area contributed by atoms with Crippen molar-refractivity contribution in [1.29, 1.82) is 0 Å². The first-order chi connectivity index (χ1) is 9.58. The van der Waals surface area contributed by atoms with Crippen LogP contribution in [-0.2, 0) is 11.4 Å². The Labute approximate surface area is 112 Å². The van der Waals surface area contributed by atoms with E-state index in [-0.39, 0.29) is 18.3 Å². The van der Waals surface area contributed by atoms with E-state index in [1.807, 2.05) is 0 Å². The predicted molar refractivity (Wildman–Crippen MR) is 71.3 cm³/mol. The summed E-state index contributed by atoms with van der Waals surface area (Å²) in [5.74, 6) is -0.0322. The summed E-state index contributed by atoms with van der Waals surface area (Å²) >= 11 is 0. The van der Waals surface area contributed by atoms with Crippen molar-refractivity contribution in [1.82, 2.24) is 19.6 Å². The molecule has 0 aliphatic rings. The van der Waals surface area contributed by atoms with E-state index in [1.165, 1.54) is 6.92 Å². The average Bonchev–Trinajstić information content (AvgIpc) is 2.84. The third kappa shape index (κ3) is 1.91. The van der Waals surface area contributed by atoms with Crippen LogP contribution in [0.4, 0.5) is 5.69 Å². The van der Waals surface area contributed by atoms with Crippen LogP contribution >= 0.6 is 0 Å². The number of aliphatic hydroxyl groups is 1. The first-order valence-corrected chi connectivity index (χ1v) is 5.88. The molecule has 2 aromatic heterocycles. The van der Waals surface area contributed by atoms with Crippen LogP contribution in [0.15, 0.2) is 23.0 Å². The number of hydrogen-bond donors (Lipinski definition) is 3. The highest BCUT2D eigenvalue weighted by Crippen LogP contribution is 2.20. The van der Waals surface area contributed by atoms with Crippen LogP contribution in [0.1, 0.15) is 12.7 Å². The van der Waals surface area contributed by atoms with Crippen molar-refractivity contribution in [3.05, 3.63) is 34.5 Å². The molecule has 3 rings (SSSR count). The summed E-state index contributed by atoms with van der Waals surface area (Å²) in [4.78, 5) is 29.7. The van der Waals surface area contributed by atoms with Gasteiger partial charge in [-0.1, -0.05) is 0 Å². The van der Waals surface area contributed by atoms with E-state index < -0.39 is 5.69 Å². The van der Waals surface area contributed by atoms with E-state index >= 15 is 0 Å². The smallest absolute Gasteiger partial charge is 0.348 e. The largest absolute Gasteiger partial charge is 0.388 e. The van der Waals surface area contributed by atoms with Gasteiger partial charge >= 0.3 is 5.69 Å². The summed E-state index contributed by atoms with van der Waals surface area (Å²) in [5, 5.41) is 16.3. The van der Waals surface area contributed by atoms with Crippen molar-refractivity contribution >= 4 is 28.1 Å². The Morgan fingerprint density at radius 1 is 1.50 bits per heavy atom. The number of anilines is 1. The van der Waals surface area contributed by atoms with Gasteiger partial charge in [0.15, 0.2) is 11.5 Å². The van der Waals surface area contributed by atoms with Gasteiger partial charge in [-0.3, -0.25) is 4.79 Å². The highest BCUT2D eigenvalue weighted by molar-refractivity contribution is 5.96. The highest BCUT2D eigenvalue weighted by atomic mass is 16.3. The van der Waals surface area contributed by atoms with Gasteiger partial charge in [-0.2, -0.15) is 4.52 Å². The number of carbonyl (C=O) groups is 1. The maximum atomic E-state index is 11.8. The highest BCUT2D eigenvalue weighted by Gasteiger charge is 2.11. The maximum Gasteiger partial charge on any atom is 0.348 e. The molecule has 102 valence electrons. The zero-order chi connectivity index (χ0) is 14.3. The molecule has 8 nitrogen and oxygen atoms in total. The van der Waals surface area contributed by atoms with Crippen LogP contribution in [0.3, 0.4) is 0 Å². The second kappa shape index (κ2) is 4.42. The maximum absolute atomic E-state index is 11.8. The van der Waals surface area contributed by atoms with Gasteiger partial charge < -0.3 is 15.4 Å². The normalized spacial score (nSPS) is 11.1. The minimum atomic E-state index is -0.438. The van der Waals surface area contributed by atoms with Crippen molar-refractivity contribution in [3.8, 4) is 0 Å². The predicted octanol–water partition coefficient (Wildman–Crippen LogP) is 0.0215. The van der Waals surface area contributed by atoms with Gasteiger partial charge in [0.1, 0.15) is 6.61 Å². The van der Waals surface area contributed by atoms with Gasteiger partial charge in [0.05, 0.1) is 5.52 Å².